The van der Waals surface area contributed by atoms with E-state index in [9.17, 15) is 22.8 Å². The summed E-state index contributed by atoms with van der Waals surface area (Å²) in [6.07, 6.45) is 0. The first-order chi connectivity index (χ1) is 14.7. The molecule has 1 fully saturated rings. The maximum atomic E-state index is 13.2. The van der Waals surface area contributed by atoms with Crippen LogP contribution in [0.5, 0.6) is 0 Å². The molecule has 0 unspecified atom stereocenters. The van der Waals surface area contributed by atoms with E-state index < -0.39 is 16.0 Å². The minimum atomic E-state index is -4.03. The Balaban J connectivity index is 1.65. The number of methoxy groups -OCH3 is 1. The molecule has 3 heterocycles. The highest BCUT2D eigenvalue weighted by molar-refractivity contribution is 7.89. The number of hydrogen-bond donors (Lipinski definition) is 1. The minimum Gasteiger partial charge on any atom is -0.465 e. The first kappa shape index (κ1) is 23.0. The third kappa shape index (κ3) is 4.65. The number of ether oxygens (including phenoxy) is 1. The molecule has 2 aromatic rings. The molecule has 168 valence electrons. The van der Waals surface area contributed by atoms with Gasteiger partial charge in [0.05, 0.1) is 13.7 Å². The molecular weight excluding hydrogens is 446 g/mol. The van der Waals surface area contributed by atoms with Gasteiger partial charge in [0.1, 0.15) is 22.0 Å². The number of aryl methyl sites for hydroxylation is 2. The summed E-state index contributed by atoms with van der Waals surface area (Å²) in [5.74, 6) is -1.16. The van der Waals surface area contributed by atoms with Crippen LogP contribution in [0.4, 0.5) is 0 Å². The van der Waals surface area contributed by atoms with Gasteiger partial charge in [-0.05, 0) is 25.3 Å². The van der Waals surface area contributed by atoms with Crippen LogP contribution >= 0.6 is 11.3 Å². The highest BCUT2D eigenvalue weighted by atomic mass is 32.2. The summed E-state index contributed by atoms with van der Waals surface area (Å²) in [6.45, 7) is 3.23. The number of hydrogen-bond acceptors (Lipinski definition) is 8. The van der Waals surface area contributed by atoms with Crippen molar-refractivity contribution < 1.29 is 32.0 Å². The van der Waals surface area contributed by atoms with Crippen molar-refractivity contribution in [3.63, 3.8) is 0 Å². The molecule has 2 amide bonds. The molecule has 0 bridgehead atoms. The van der Waals surface area contributed by atoms with Gasteiger partial charge >= 0.3 is 5.97 Å². The molecule has 0 aromatic carbocycles. The number of carbonyl (C=O) groups excluding carboxylic acids is 3. The molecule has 12 heteroatoms. The molecule has 1 aliphatic rings. The quantitative estimate of drug-likeness (QED) is 0.626. The summed E-state index contributed by atoms with van der Waals surface area (Å²) in [4.78, 5) is 37.8. The number of rotatable bonds is 6. The van der Waals surface area contributed by atoms with E-state index in [4.69, 9.17) is 9.15 Å². The molecule has 0 radical (unpaired) electrons. The first-order valence-corrected chi connectivity index (χ1v) is 11.8. The third-order valence-corrected chi connectivity index (χ3v) is 7.70. The highest BCUT2D eigenvalue weighted by Crippen LogP contribution is 2.30. The van der Waals surface area contributed by atoms with Crippen LogP contribution in [0, 0.1) is 13.8 Å². The van der Waals surface area contributed by atoms with Crippen LogP contribution in [0.25, 0.3) is 0 Å². The second-order valence-electron chi connectivity index (χ2n) is 6.89. The standard InChI is InChI=1S/C19H23N3O7S2/c1-12-16(19(25)28-3)17(13(2)29-12)31(26,27)22-7-5-21(6-8-22)15(23)10-20-18(24)14-4-9-30-11-14/h4,9,11H,5-8,10H2,1-3H3,(H,20,24). The molecule has 0 saturated carbocycles. The Bertz CT molecular complexity index is 1080. The van der Waals surface area contributed by atoms with Crippen molar-refractivity contribution in [3.05, 3.63) is 39.5 Å². The van der Waals surface area contributed by atoms with E-state index in [1.807, 2.05) is 0 Å². The molecule has 0 aliphatic carbocycles. The third-order valence-electron chi connectivity index (χ3n) is 4.97. The zero-order valence-corrected chi connectivity index (χ0v) is 19.0. The fourth-order valence-corrected chi connectivity index (χ4v) is 5.81. The number of sulfonamides is 1. The van der Waals surface area contributed by atoms with Gasteiger partial charge in [0.2, 0.25) is 15.9 Å². The fraction of sp³-hybridized carbons (Fsp3) is 0.421. The molecule has 31 heavy (non-hydrogen) atoms. The summed E-state index contributed by atoms with van der Waals surface area (Å²) in [5.41, 5.74) is 0.371. The average Bonchev–Trinajstić information content (AvgIpc) is 3.39. The van der Waals surface area contributed by atoms with Crippen LogP contribution in [0.2, 0.25) is 0 Å². The lowest BCUT2D eigenvalue weighted by Crippen LogP contribution is -2.52. The van der Waals surface area contributed by atoms with Crippen molar-refractivity contribution in [1.82, 2.24) is 14.5 Å². The van der Waals surface area contributed by atoms with Gasteiger partial charge in [-0.3, -0.25) is 9.59 Å². The number of carbonyl (C=O) groups is 3. The average molecular weight is 470 g/mol. The van der Waals surface area contributed by atoms with E-state index in [1.165, 1.54) is 41.5 Å². The highest BCUT2D eigenvalue weighted by Gasteiger charge is 2.37. The number of thiophene rings is 1. The molecule has 3 rings (SSSR count). The second-order valence-corrected chi connectivity index (χ2v) is 9.54. The van der Waals surface area contributed by atoms with E-state index >= 15 is 0 Å². The lowest BCUT2D eigenvalue weighted by atomic mass is 10.2. The molecule has 1 saturated heterocycles. The van der Waals surface area contributed by atoms with Crippen LogP contribution in [0.3, 0.4) is 0 Å². The Hall–Kier alpha value is -2.70. The predicted octanol–water partition coefficient (Wildman–Crippen LogP) is 1.01. The largest absolute Gasteiger partial charge is 0.465 e. The molecule has 10 nitrogen and oxygen atoms in total. The predicted molar refractivity (Wildman–Crippen MR) is 112 cm³/mol. The minimum absolute atomic E-state index is 0.0524. The molecule has 2 aromatic heterocycles. The van der Waals surface area contributed by atoms with Gasteiger partial charge in [-0.2, -0.15) is 15.6 Å². The number of piperazine rings is 1. The van der Waals surface area contributed by atoms with Crippen LogP contribution in [0.15, 0.2) is 26.1 Å². The number of nitrogens with one attached hydrogen (secondary N) is 1. The van der Waals surface area contributed by atoms with Gasteiger partial charge in [0.15, 0.2) is 0 Å². The Kier molecular flexibility index (Phi) is 6.82. The van der Waals surface area contributed by atoms with Crippen LogP contribution in [-0.4, -0.2) is 75.2 Å². The smallest absolute Gasteiger partial charge is 0.342 e. The zero-order chi connectivity index (χ0) is 22.8. The topological polar surface area (TPSA) is 126 Å². The van der Waals surface area contributed by atoms with Gasteiger partial charge in [-0.15, -0.1) is 0 Å². The summed E-state index contributed by atoms with van der Waals surface area (Å²) >= 11 is 1.38. The van der Waals surface area contributed by atoms with E-state index in [-0.39, 0.29) is 66.5 Å². The molecule has 1 aliphatic heterocycles. The van der Waals surface area contributed by atoms with Crippen LogP contribution < -0.4 is 5.32 Å². The Morgan fingerprint density at radius 2 is 1.84 bits per heavy atom. The van der Waals surface area contributed by atoms with Gasteiger partial charge in [0.25, 0.3) is 5.91 Å². The SMILES string of the molecule is COC(=O)c1c(C)oc(C)c1S(=O)(=O)N1CCN(C(=O)CNC(=O)c2ccsc2)CC1. The maximum Gasteiger partial charge on any atom is 0.342 e. The van der Waals surface area contributed by atoms with Crippen LogP contribution in [-0.2, 0) is 19.6 Å². The van der Waals surface area contributed by atoms with Crippen molar-refractivity contribution in [2.75, 3.05) is 39.8 Å². The van der Waals surface area contributed by atoms with Gasteiger partial charge in [0, 0.05) is 37.1 Å². The van der Waals surface area contributed by atoms with Crippen molar-refractivity contribution in [3.8, 4) is 0 Å². The van der Waals surface area contributed by atoms with Crippen molar-refractivity contribution in [2.45, 2.75) is 18.7 Å². The Morgan fingerprint density at radius 1 is 1.16 bits per heavy atom. The fourth-order valence-electron chi connectivity index (χ4n) is 3.38. The number of esters is 1. The zero-order valence-electron chi connectivity index (χ0n) is 17.3. The van der Waals surface area contributed by atoms with E-state index in [0.717, 1.165) is 0 Å². The lowest BCUT2D eigenvalue weighted by molar-refractivity contribution is -0.131. The normalized spacial score (nSPS) is 15.0. The van der Waals surface area contributed by atoms with E-state index in [2.05, 4.69) is 5.32 Å². The van der Waals surface area contributed by atoms with Gasteiger partial charge in [-0.1, -0.05) is 0 Å². The lowest BCUT2D eigenvalue weighted by Gasteiger charge is -2.34. The summed E-state index contributed by atoms with van der Waals surface area (Å²) in [6, 6.07) is 1.66. The monoisotopic (exact) mass is 469 g/mol. The van der Waals surface area contributed by atoms with Crippen molar-refractivity contribution in [1.29, 1.82) is 0 Å². The van der Waals surface area contributed by atoms with Crippen LogP contribution in [0.1, 0.15) is 32.2 Å². The number of furan rings is 1. The summed E-state index contributed by atoms with van der Waals surface area (Å²) in [5, 5.41) is 6.02. The Labute approximate surface area is 183 Å². The second kappa shape index (κ2) is 9.20. The van der Waals surface area contributed by atoms with E-state index in [0.29, 0.717) is 5.56 Å². The molecule has 0 atom stereocenters. The summed E-state index contributed by atoms with van der Waals surface area (Å²) in [7, 11) is -2.86. The van der Waals surface area contributed by atoms with E-state index in [1.54, 1.807) is 16.8 Å². The number of amides is 2. The van der Waals surface area contributed by atoms with Crippen molar-refractivity contribution >= 4 is 39.1 Å². The van der Waals surface area contributed by atoms with Gasteiger partial charge in [-0.25, -0.2) is 13.2 Å². The molecule has 0 spiro atoms. The first-order valence-electron chi connectivity index (χ1n) is 9.43. The molecular formula is C19H23N3O7S2. The molecule has 1 N–H and O–H groups in total. The number of nitrogens with zero attached hydrogens (tertiary/aromatic N) is 2. The summed E-state index contributed by atoms with van der Waals surface area (Å²) < 4.78 is 37.7. The van der Waals surface area contributed by atoms with Gasteiger partial charge < -0.3 is 19.4 Å². The maximum absolute atomic E-state index is 13.2. The Morgan fingerprint density at radius 3 is 2.42 bits per heavy atom. The van der Waals surface area contributed by atoms with Crippen molar-refractivity contribution in [2.24, 2.45) is 0 Å².